The van der Waals surface area contributed by atoms with Crippen molar-refractivity contribution in [3.63, 3.8) is 0 Å². The molecule has 7 nitrogen and oxygen atoms in total. The van der Waals surface area contributed by atoms with Crippen molar-refractivity contribution in [1.82, 2.24) is 5.32 Å². The summed E-state index contributed by atoms with van der Waals surface area (Å²) in [7, 11) is 0. The van der Waals surface area contributed by atoms with E-state index in [1.165, 1.54) is 18.9 Å². The SMILES string of the molecule is CC(C)(Nc1cc(Br)ccc1[N+](=O)[O-])C(=O)N[C@@H]1CCO[C@@H](C2CC2)C1. The van der Waals surface area contributed by atoms with Crippen LogP contribution in [0.25, 0.3) is 0 Å². The van der Waals surface area contributed by atoms with Crippen LogP contribution in [0.2, 0.25) is 0 Å². The number of halogens is 1. The number of carbonyl (C=O) groups excluding carboxylic acids is 1. The van der Waals surface area contributed by atoms with E-state index in [2.05, 4.69) is 26.6 Å². The summed E-state index contributed by atoms with van der Waals surface area (Å²) in [5, 5.41) is 17.4. The van der Waals surface area contributed by atoms with E-state index < -0.39 is 10.5 Å². The molecule has 0 unspecified atom stereocenters. The van der Waals surface area contributed by atoms with Crippen molar-refractivity contribution in [1.29, 1.82) is 0 Å². The van der Waals surface area contributed by atoms with Crippen LogP contribution in [0.4, 0.5) is 11.4 Å². The molecule has 142 valence electrons. The molecule has 2 aliphatic rings. The monoisotopic (exact) mass is 425 g/mol. The van der Waals surface area contributed by atoms with E-state index in [1.807, 2.05) is 0 Å². The van der Waals surface area contributed by atoms with Crippen LogP contribution >= 0.6 is 15.9 Å². The number of hydrogen-bond acceptors (Lipinski definition) is 5. The summed E-state index contributed by atoms with van der Waals surface area (Å²) in [5.41, 5.74) is -0.736. The van der Waals surface area contributed by atoms with Crippen molar-refractivity contribution in [3.8, 4) is 0 Å². The van der Waals surface area contributed by atoms with Gasteiger partial charge in [0.15, 0.2) is 0 Å². The van der Waals surface area contributed by atoms with Gasteiger partial charge in [0.2, 0.25) is 5.91 Å². The molecule has 0 aromatic heterocycles. The molecule has 1 saturated heterocycles. The maximum atomic E-state index is 12.8. The number of nitrogens with one attached hydrogen (secondary N) is 2. The minimum Gasteiger partial charge on any atom is -0.378 e. The van der Waals surface area contributed by atoms with E-state index in [0.717, 1.165) is 12.8 Å². The van der Waals surface area contributed by atoms with Crippen molar-refractivity contribution in [2.75, 3.05) is 11.9 Å². The van der Waals surface area contributed by atoms with Crippen LogP contribution in [-0.4, -0.2) is 35.1 Å². The molecule has 2 atom stereocenters. The molecule has 0 radical (unpaired) electrons. The normalized spacial score (nSPS) is 23.3. The van der Waals surface area contributed by atoms with Gasteiger partial charge >= 0.3 is 0 Å². The Bertz CT molecular complexity index is 706. The minimum atomic E-state index is -0.987. The van der Waals surface area contributed by atoms with Crippen molar-refractivity contribution in [3.05, 3.63) is 32.8 Å². The van der Waals surface area contributed by atoms with Gasteiger partial charge in [0.05, 0.1) is 11.0 Å². The zero-order chi connectivity index (χ0) is 18.9. The molecule has 1 amide bonds. The van der Waals surface area contributed by atoms with Crippen LogP contribution in [0.5, 0.6) is 0 Å². The van der Waals surface area contributed by atoms with Crippen LogP contribution in [0, 0.1) is 16.0 Å². The lowest BCUT2D eigenvalue weighted by atomic mass is 9.97. The number of amides is 1. The second-order valence-corrected chi connectivity index (χ2v) is 8.53. The number of rotatable bonds is 6. The van der Waals surface area contributed by atoms with Crippen LogP contribution in [0.1, 0.15) is 39.5 Å². The summed E-state index contributed by atoms with van der Waals surface area (Å²) < 4.78 is 6.51. The number of anilines is 1. The van der Waals surface area contributed by atoms with Crippen molar-refractivity contribution >= 4 is 33.2 Å². The van der Waals surface area contributed by atoms with Gasteiger partial charge in [-0.3, -0.25) is 14.9 Å². The highest BCUT2D eigenvalue weighted by Gasteiger charge is 2.38. The zero-order valence-electron chi connectivity index (χ0n) is 15.0. The summed E-state index contributed by atoms with van der Waals surface area (Å²) in [4.78, 5) is 23.6. The second-order valence-electron chi connectivity index (χ2n) is 7.61. The molecular formula is C18H24BrN3O4. The Hall–Kier alpha value is -1.67. The number of nitro groups is 1. The van der Waals surface area contributed by atoms with Gasteiger partial charge in [0.1, 0.15) is 11.2 Å². The average Bonchev–Trinajstić information content (AvgIpc) is 3.39. The van der Waals surface area contributed by atoms with Crippen LogP contribution < -0.4 is 10.6 Å². The zero-order valence-corrected chi connectivity index (χ0v) is 16.5. The van der Waals surface area contributed by atoms with E-state index in [1.54, 1.807) is 26.0 Å². The highest BCUT2D eigenvalue weighted by molar-refractivity contribution is 9.10. The van der Waals surface area contributed by atoms with Crippen molar-refractivity contribution in [2.45, 2.75) is 57.2 Å². The van der Waals surface area contributed by atoms with Crippen LogP contribution in [0.3, 0.4) is 0 Å². The van der Waals surface area contributed by atoms with Gasteiger partial charge in [-0.05, 0) is 57.6 Å². The van der Waals surface area contributed by atoms with E-state index in [-0.39, 0.29) is 23.7 Å². The first kappa shape index (κ1) is 19.1. The lowest BCUT2D eigenvalue weighted by molar-refractivity contribution is -0.384. The predicted octanol–water partition coefficient (Wildman–Crippen LogP) is 3.62. The third-order valence-electron chi connectivity index (χ3n) is 4.97. The summed E-state index contributed by atoms with van der Waals surface area (Å²) in [6.07, 6.45) is 4.30. The Morgan fingerprint density at radius 2 is 2.08 bits per heavy atom. The fourth-order valence-electron chi connectivity index (χ4n) is 3.28. The number of hydrogen-bond donors (Lipinski definition) is 2. The highest BCUT2D eigenvalue weighted by Crippen LogP contribution is 2.38. The van der Waals surface area contributed by atoms with Crippen LogP contribution in [-0.2, 0) is 9.53 Å². The molecular weight excluding hydrogens is 402 g/mol. The van der Waals surface area contributed by atoms with E-state index in [4.69, 9.17) is 4.74 Å². The number of nitro benzene ring substituents is 1. The summed E-state index contributed by atoms with van der Waals surface area (Å²) in [6.45, 7) is 4.12. The fraction of sp³-hybridized carbons (Fsp3) is 0.611. The first-order valence-corrected chi connectivity index (χ1v) is 9.70. The second kappa shape index (κ2) is 7.52. The van der Waals surface area contributed by atoms with Crippen molar-refractivity contribution < 1.29 is 14.5 Å². The molecule has 1 heterocycles. The Morgan fingerprint density at radius 1 is 1.35 bits per heavy atom. The Balaban J connectivity index is 1.66. The molecule has 1 saturated carbocycles. The molecule has 2 N–H and O–H groups in total. The lowest BCUT2D eigenvalue weighted by Crippen LogP contribution is -2.53. The van der Waals surface area contributed by atoms with Gasteiger partial charge in [-0.2, -0.15) is 0 Å². The molecule has 0 bridgehead atoms. The van der Waals surface area contributed by atoms with E-state index in [0.29, 0.717) is 22.7 Å². The van der Waals surface area contributed by atoms with E-state index >= 15 is 0 Å². The van der Waals surface area contributed by atoms with Gasteiger partial charge in [-0.25, -0.2) is 0 Å². The number of benzene rings is 1. The number of nitrogens with zero attached hydrogens (tertiary/aromatic N) is 1. The Labute approximate surface area is 161 Å². The van der Waals surface area contributed by atoms with Crippen LogP contribution in [0.15, 0.2) is 22.7 Å². The predicted molar refractivity (Wildman–Crippen MR) is 102 cm³/mol. The molecule has 1 aliphatic heterocycles. The maximum Gasteiger partial charge on any atom is 0.292 e. The van der Waals surface area contributed by atoms with Gasteiger partial charge in [-0.15, -0.1) is 0 Å². The third-order valence-corrected chi connectivity index (χ3v) is 5.46. The largest absolute Gasteiger partial charge is 0.378 e. The topological polar surface area (TPSA) is 93.5 Å². The quantitative estimate of drug-likeness (QED) is 0.536. The van der Waals surface area contributed by atoms with Gasteiger partial charge in [0.25, 0.3) is 5.69 Å². The molecule has 1 aromatic carbocycles. The Kier molecular flexibility index (Phi) is 5.53. The van der Waals surface area contributed by atoms with E-state index in [9.17, 15) is 14.9 Å². The van der Waals surface area contributed by atoms with Gasteiger partial charge < -0.3 is 15.4 Å². The van der Waals surface area contributed by atoms with Gasteiger partial charge in [-0.1, -0.05) is 15.9 Å². The smallest absolute Gasteiger partial charge is 0.292 e. The molecule has 0 spiro atoms. The molecule has 1 aliphatic carbocycles. The molecule has 3 rings (SSSR count). The fourth-order valence-corrected chi connectivity index (χ4v) is 3.64. The third kappa shape index (κ3) is 4.54. The lowest BCUT2D eigenvalue weighted by Gasteiger charge is -2.33. The summed E-state index contributed by atoms with van der Waals surface area (Å²) in [6, 6.07) is 4.72. The number of ether oxygens (including phenoxy) is 1. The molecule has 8 heteroatoms. The number of carbonyl (C=O) groups is 1. The average molecular weight is 426 g/mol. The molecule has 2 fully saturated rings. The highest BCUT2D eigenvalue weighted by atomic mass is 79.9. The van der Waals surface area contributed by atoms with Crippen molar-refractivity contribution in [2.24, 2.45) is 5.92 Å². The first-order chi connectivity index (χ1) is 12.3. The van der Waals surface area contributed by atoms with Gasteiger partial charge in [0, 0.05) is 23.2 Å². The minimum absolute atomic E-state index is 0.0612. The molecule has 1 aromatic rings. The summed E-state index contributed by atoms with van der Waals surface area (Å²) >= 11 is 3.32. The first-order valence-electron chi connectivity index (χ1n) is 8.91. The molecule has 26 heavy (non-hydrogen) atoms. The summed E-state index contributed by atoms with van der Waals surface area (Å²) in [5.74, 6) is 0.471. The standard InChI is InChI=1S/C18H24BrN3O4/c1-18(2,21-14-9-12(19)5-6-15(14)22(24)25)17(23)20-13-7-8-26-16(10-13)11-3-4-11/h5-6,9,11,13,16,21H,3-4,7-8,10H2,1-2H3,(H,20,23)/t13-,16-/m1/s1. The maximum absolute atomic E-state index is 12.8. The Morgan fingerprint density at radius 3 is 2.73 bits per heavy atom.